The predicted molar refractivity (Wildman–Crippen MR) is 130 cm³/mol. The van der Waals surface area contributed by atoms with Crippen LogP contribution in [0.5, 0.6) is 17.2 Å². The van der Waals surface area contributed by atoms with E-state index in [-0.39, 0.29) is 28.2 Å². The maximum Gasteiger partial charge on any atom is 0.197 e. The first-order valence-corrected chi connectivity index (χ1v) is 11.3. The van der Waals surface area contributed by atoms with E-state index in [0.29, 0.717) is 23.4 Å². The van der Waals surface area contributed by atoms with Crippen LogP contribution in [0.3, 0.4) is 0 Å². The van der Waals surface area contributed by atoms with Gasteiger partial charge in [-0.25, -0.2) is 0 Å². The van der Waals surface area contributed by atoms with E-state index in [2.05, 4.69) is 21.9 Å². The average molecular weight is 459 g/mol. The minimum absolute atomic E-state index is 0.0537. The Labute approximate surface area is 196 Å². The van der Waals surface area contributed by atoms with Crippen LogP contribution in [0.15, 0.2) is 75.9 Å². The highest BCUT2D eigenvalue weighted by atomic mass is 16.3. The van der Waals surface area contributed by atoms with Crippen LogP contribution in [0.25, 0.3) is 22.3 Å². The SMILES string of the molecule is O=c1cc(-c2ccc(O)cc2)oc2c(CN3CCN(Cc4ccccc4)CC3)c(O)cc(O)c12. The van der Waals surface area contributed by atoms with Gasteiger partial charge in [-0.2, -0.15) is 0 Å². The van der Waals surface area contributed by atoms with E-state index >= 15 is 0 Å². The first-order chi connectivity index (χ1) is 16.5. The first-order valence-electron chi connectivity index (χ1n) is 11.3. The molecular formula is C27H26N2O5. The number of phenols is 3. The smallest absolute Gasteiger partial charge is 0.197 e. The molecule has 0 unspecified atom stereocenters. The Bertz CT molecular complexity index is 1360. The molecule has 1 aliphatic heterocycles. The van der Waals surface area contributed by atoms with Crippen molar-refractivity contribution in [3.63, 3.8) is 0 Å². The summed E-state index contributed by atoms with van der Waals surface area (Å²) in [6.45, 7) is 4.66. The second kappa shape index (κ2) is 9.21. The standard InChI is InChI=1S/C27H26N2O5/c30-20-8-6-19(7-9-20)25-15-24(33)26-23(32)14-22(31)21(27(26)34-25)17-29-12-10-28(11-13-29)16-18-4-2-1-3-5-18/h1-9,14-15,30-32H,10-13,16-17H2. The molecule has 0 aliphatic carbocycles. The lowest BCUT2D eigenvalue weighted by molar-refractivity contribution is 0.121. The van der Waals surface area contributed by atoms with Gasteiger partial charge in [-0.15, -0.1) is 0 Å². The molecule has 174 valence electrons. The monoisotopic (exact) mass is 458 g/mol. The maximum atomic E-state index is 12.9. The molecule has 0 bridgehead atoms. The third-order valence-electron chi connectivity index (χ3n) is 6.31. The highest BCUT2D eigenvalue weighted by Crippen LogP contribution is 2.36. The van der Waals surface area contributed by atoms with Crippen LogP contribution in [0.4, 0.5) is 0 Å². The van der Waals surface area contributed by atoms with Crippen LogP contribution in [0, 0.1) is 0 Å². The van der Waals surface area contributed by atoms with Gasteiger partial charge in [0.25, 0.3) is 0 Å². The normalized spacial score (nSPS) is 15.1. The van der Waals surface area contributed by atoms with Crippen molar-refractivity contribution < 1.29 is 19.7 Å². The summed E-state index contributed by atoms with van der Waals surface area (Å²) in [5.74, 6) is -0.0108. The number of hydrogen-bond acceptors (Lipinski definition) is 7. The second-order valence-corrected chi connectivity index (χ2v) is 8.66. The lowest BCUT2D eigenvalue weighted by atomic mass is 10.1. The molecule has 7 nitrogen and oxygen atoms in total. The number of nitrogens with zero attached hydrogens (tertiary/aromatic N) is 2. The zero-order valence-electron chi connectivity index (χ0n) is 18.6. The zero-order chi connectivity index (χ0) is 23.7. The van der Waals surface area contributed by atoms with Crippen molar-refractivity contribution in [2.24, 2.45) is 0 Å². The molecule has 5 rings (SSSR count). The third-order valence-corrected chi connectivity index (χ3v) is 6.31. The van der Waals surface area contributed by atoms with Crippen LogP contribution in [-0.2, 0) is 13.1 Å². The van der Waals surface area contributed by atoms with Crippen molar-refractivity contribution in [1.82, 2.24) is 9.80 Å². The Hall–Kier alpha value is -3.81. The van der Waals surface area contributed by atoms with Crippen molar-refractivity contribution in [3.8, 4) is 28.6 Å². The van der Waals surface area contributed by atoms with Gasteiger partial charge in [0.2, 0.25) is 0 Å². The molecule has 1 aromatic heterocycles. The van der Waals surface area contributed by atoms with Gasteiger partial charge in [-0.05, 0) is 29.8 Å². The third kappa shape index (κ3) is 4.48. The van der Waals surface area contributed by atoms with Crippen molar-refractivity contribution in [2.75, 3.05) is 26.2 Å². The lowest BCUT2D eigenvalue weighted by Gasteiger charge is -2.34. The molecule has 1 saturated heterocycles. The molecule has 0 saturated carbocycles. The number of rotatable bonds is 5. The maximum absolute atomic E-state index is 12.9. The van der Waals surface area contributed by atoms with Crippen molar-refractivity contribution in [2.45, 2.75) is 13.1 Å². The largest absolute Gasteiger partial charge is 0.508 e. The molecule has 34 heavy (non-hydrogen) atoms. The summed E-state index contributed by atoms with van der Waals surface area (Å²) in [6.07, 6.45) is 0. The number of benzene rings is 3. The van der Waals surface area contributed by atoms with E-state index in [0.717, 1.165) is 32.7 Å². The number of phenolic OH excluding ortho intramolecular Hbond substituents is 3. The van der Waals surface area contributed by atoms with E-state index in [9.17, 15) is 20.1 Å². The van der Waals surface area contributed by atoms with Crippen LogP contribution >= 0.6 is 0 Å². The van der Waals surface area contributed by atoms with Crippen LogP contribution < -0.4 is 5.43 Å². The van der Waals surface area contributed by atoms with Gasteiger partial charge in [0.05, 0.1) is 5.56 Å². The summed E-state index contributed by atoms with van der Waals surface area (Å²) in [6, 6.07) is 19.2. The number of aromatic hydroxyl groups is 3. The summed E-state index contributed by atoms with van der Waals surface area (Å²) in [7, 11) is 0. The molecule has 4 aromatic rings. The Morgan fingerprint density at radius 3 is 2.09 bits per heavy atom. The summed E-state index contributed by atoms with van der Waals surface area (Å²) in [5.41, 5.74) is 2.15. The molecule has 0 atom stereocenters. The highest BCUT2D eigenvalue weighted by molar-refractivity contribution is 5.89. The Morgan fingerprint density at radius 2 is 1.41 bits per heavy atom. The number of piperazine rings is 1. The van der Waals surface area contributed by atoms with Crippen LogP contribution in [0.1, 0.15) is 11.1 Å². The first kappa shape index (κ1) is 22.0. The fourth-order valence-corrected chi connectivity index (χ4v) is 4.45. The summed E-state index contributed by atoms with van der Waals surface area (Å²) in [4.78, 5) is 17.5. The van der Waals surface area contributed by atoms with E-state index in [4.69, 9.17) is 4.42 Å². The van der Waals surface area contributed by atoms with E-state index < -0.39 is 5.43 Å². The zero-order valence-corrected chi connectivity index (χ0v) is 18.6. The van der Waals surface area contributed by atoms with Crippen LogP contribution in [0.2, 0.25) is 0 Å². The van der Waals surface area contributed by atoms with Gasteiger partial charge in [-0.1, -0.05) is 30.3 Å². The minimum Gasteiger partial charge on any atom is -0.508 e. The fraction of sp³-hybridized carbons (Fsp3) is 0.222. The quantitative estimate of drug-likeness (QED) is 0.417. The van der Waals surface area contributed by atoms with E-state index in [1.54, 1.807) is 12.1 Å². The molecule has 2 heterocycles. The molecule has 1 aliphatic rings. The van der Waals surface area contributed by atoms with Crippen molar-refractivity contribution in [3.05, 3.63) is 88.1 Å². The van der Waals surface area contributed by atoms with E-state index in [1.165, 1.54) is 29.8 Å². The topological polar surface area (TPSA) is 97.4 Å². The summed E-state index contributed by atoms with van der Waals surface area (Å²) < 4.78 is 6.06. The molecule has 3 N–H and O–H groups in total. The molecular weight excluding hydrogens is 432 g/mol. The van der Waals surface area contributed by atoms with Gasteiger partial charge in [0.15, 0.2) is 11.0 Å². The average Bonchev–Trinajstić information content (AvgIpc) is 2.83. The number of fused-ring (bicyclic) bond motifs is 1. The second-order valence-electron chi connectivity index (χ2n) is 8.66. The van der Waals surface area contributed by atoms with Gasteiger partial charge in [-0.3, -0.25) is 14.6 Å². The molecule has 3 aromatic carbocycles. The Balaban J connectivity index is 1.41. The lowest BCUT2D eigenvalue weighted by Crippen LogP contribution is -2.45. The molecule has 1 fully saturated rings. The predicted octanol–water partition coefficient (Wildman–Crippen LogP) is 3.89. The van der Waals surface area contributed by atoms with Gasteiger partial charge >= 0.3 is 0 Å². The van der Waals surface area contributed by atoms with Gasteiger partial charge in [0, 0.05) is 57.0 Å². The number of hydrogen-bond donors (Lipinski definition) is 3. The van der Waals surface area contributed by atoms with Gasteiger partial charge < -0.3 is 19.7 Å². The Morgan fingerprint density at radius 1 is 0.765 bits per heavy atom. The minimum atomic E-state index is -0.393. The highest BCUT2D eigenvalue weighted by Gasteiger charge is 2.23. The van der Waals surface area contributed by atoms with Crippen molar-refractivity contribution in [1.29, 1.82) is 0 Å². The summed E-state index contributed by atoms with van der Waals surface area (Å²) >= 11 is 0. The molecule has 7 heteroatoms. The van der Waals surface area contributed by atoms with E-state index in [1.807, 2.05) is 18.2 Å². The molecule has 0 spiro atoms. The Kier molecular flexibility index (Phi) is 5.96. The van der Waals surface area contributed by atoms with Crippen LogP contribution in [-0.4, -0.2) is 51.3 Å². The summed E-state index contributed by atoms with van der Waals surface area (Å²) in [5, 5.41) is 30.6. The van der Waals surface area contributed by atoms with Crippen molar-refractivity contribution >= 4 is 11.0 Å². The fourth-order valence-electron chi connectivity index (χ4n) is 4.45. The van der Waals surface area contributed by atoms with Gasteiger partial charge in [0.1, 0.15) is 28.4 Å². The molecule has 0 radical (unpaired) electrons. The molecule has 0 amide bonds.